The van der Waals surface area contributed by atoms with Gasteiger partial charge >= 0.3 is 0 Å². The van der Waals surface area contributed by atoms with E-state index in [1.54, 1.807) is 14.2 Å². The van der Waals surface area contributed by atoms with Gasteiger partial charge in [0.15, 0.2) is 6.29 Å². The smallest absolute Gasteiger partial charge is 0.166 e. The molecule has 1 atom stereocenters. The summed E-state index contributed by atoms with van der Waals surface area (Å²) in [5.41, 5.74) is 12.1. The van der Waals surface area contributed by atoms with E-state index >= 15 is 0 Å². The summed E-state index contributed by atoms with van der Waals surface area (Å²) in [4.78, 5) is 25.1. The number of halogens is 1. The molecule has 4 rings (SSSR count). The minimum absolute atomic E-state index is 0.168. The van der Waals surface area contributed by atoms with Crippen molar-refractivity contribution in [1.29, 1.82) is 0 Å². The topological polar surface area (TPSA) is 93.8 Å². The van der Waals surface area contributed by atoms with Gasteiger partial charge in [0.1, 0.15) is 12.1 Å². The average molecular weight is 578 g/mol. The van der Waals surface area contributed by atoms with Crippen LogP contribution in [-0.2, 0) is 27.3 Å². The fourth-order valence-electron chi connectivity index (χ4n) is 4.59. The fourth-order valence-corrected chi connectivity index (χ4v) is 4.59. The number of aldehydes is 2. The number of benzene rings is 2. The Morgan fingerprint density at radius 3 is 2.29 bits per heavy atom. The molecule has 0 spiro atoms. The first kappa shape index (κ1) is 36.3. The number of hydrogen-bond acceptors (Lipinski definition) is 6. The zero-order chi connectivity index (χ0) is 31.0. The van der Waals surface area contributed by atoms with Crippen molar-refractivity contribution in [3.8, 4) is 0 Å². The normalized spacial score (nSPS) is 18.0. The van der Waals surface area contributed by atoms with E-state index in [4.69, 9.17) is 15.5 Å². The molecular weight excluding hydrogens is 529 g/mol. The van der Waals surface area contributed by atoms with Crippen LogP contribution in [0.25, 0.3) is 0 Å². The lowest BCUT2D eigenvalue weighted by atomic mass is 9.84. The number of likely N-dealkylation sites (N-methyl/N-ethyl adjacent to an activating group) is 1. The van der Waals surface area contributed by atoms with Crippen LogP contribution in [0.1, 0.15) is 56.6 Å². The SMILES string of the molecule is CC=O.CNCCc1ccc(F)cc1.COC.N/C(C=O)=C1/CCCCC(C2=CCCC=C2)C1=NCc1ccccc1. The third-order valence-corrected chi connectivity index (χ3v) is 6.56. The van der Waals surface area contributed by atoms with Gasteiger partial charge in [-0.3, -0.25) is 9.79 Å². The lowest BCUT2D eigenvalue weighted by Gasteiger charge is -2.22. The zero-order valence-corrected chi connectivity index (χ0v) is 25.7. The third-order valence-electron chi connectivity index (χ3n) is 6.56. The van der Waals surface area contributed by atoms with Gasteiger partial charge in [-0.1, -0.05) is 67.1 Å². The molecule has 2 aromatic rings. The Labute approximate surface area is 251 Å². The molecule has 1 unspecified atom stereocenters. The van der Waals surface area contributed by atoms with Gasteiger partial charge in [-0.15, -0.1) is 0 Å². The van der Waals surface area contributed by atoms with Gasteiger partial charge in [-0.25, -0.2) is 4.39 Å². The molecule has 0 amide bonds. The van der Waals surface area contributed by atoms with Crippen molar-refractivity contribution >= 4 is 18.3 Å². The summed E-state index contributed by atoms with van der Waals surface area (Å²) in [7, 11) is 5.16. The summed E-state index contributed by atoms with van der Waals surface area (Å²) in [5.74, 6) is 0.0782. The number of rotatable bonds is 7. The van der Waals surface area contributed by atoms with E-state index in [0.717, 1.165) is 75.3 Å². The fraction of sp³-hybridized carbons (Fsp3) is 0.400. The molecule has 7 heteroatoms. The van der Waals surface area contributed by atoms with Crippen LogP contribution in [0.15, 0.2) is 94.7 Å². The molecule has 0 heterocycles. The molecule has 0 aliphatic heterocycles. The minimum atomic E-state index is -0.168. The number of ether oxygens (including phenoxy) is 1. The number of nitrogens with zero attached hydrogens (tertiary/aromatic N) is 1. The van der Waals surface area contributed by atoms with Crippen LogP contribution >= 0.6 is 0 Å². The van der Waals surface area contributed by atoms with Gasteiger partial charge in [-0.05, 0) is 87.9 Å². The Hall–Kier alpha value is -3.68. The van der Waals surface area contributed by atoms with E-state index in [-0.39, 0.29) is 11.7 Å². The van der Waals surface area contributed by atoms with Crippen LogP contribution in [0, 0.1) is 11.7 Å². The van der Waals surface area contributed by atoms with Crippen LogP contribution in [0.3, 0.4) is 0 Å². The molecule has 3 N–H and O–H groups in total. The summed E-state index contributed by atoms with van der Waals surface area (Å²) < 4.78 is 16.6. The van der Waals surface area contributed by atoms with Crippen LogP contribution < -0.4 is 11.1 Å². The van der Waals surface area contributed by atoms with Gasteiger partial charge < -0.3 is 20.6 Å². The third kappa shape index (κ3) is 14.3. The molecule has 1 fully saturated rings. The number of aliphatic imine (C=N–C) groups is 1. The van der Waals surface area contributed by atoms with Crippen molar-refractivity contribution in [3.63, 3.8) is 0 Å². The van der Waals surface area contributed by atoms with E-state index in [2.05, 4.69) is 40.4 Å². The van der Waals surface area contributed by atoms with Crippen molar-refractivity contribution in [2.45, 2.75) is 58.4 Å². The Bertz CT molecular complexity index is 1160. The van der Waals surface area contributed by atoms with E-state index in [1.807, 2.05) is 37.4 Å². The average Bonchev–Trinajstić information content (AvgIpc) is 3.24. The first-order valence-corrected chi connectivity index (χ1v) is 14.5. The lowest BCUT2D eigenvalue weighted by Crippen LogP contribution is -2.21. The molecule has 6 nitrogen and oxygen atoms in total. The van der Waals surface area contributed by atoms with Gasteiger partial charge in [0, 0.05) is 31.4 Å². The van der Waals surface area contributed by atoms with Crippen molar-refractivity contribution in [2.75, 3.05) is 27.8 Å². The number of allylic oxidation sites excluding steroid dienone is 6. The van der Waals surface area contributed by atoms with Crippen LogP contribution in [0.2, 0.25) is 0 Å². The van der Waals surface area contributed by atoms with E-state index in [9.17, 15) is 9.18 Å². The maximum atomic E-state index is 12.4. The molecule has 0 aromatic heterocycles. The number of carbonyl (C=O) groups is 2. The van der Waals surface area contributed by atoms with Gasteiger partial charge in [0.25, 0.3) is 0 Å². The summed E-state index contributed by atoms with van der Waals surface area (Å²) in [6, 6.07) is 16.9. The summed E-state index contributed by atoms with van der Waals surface area (Å²) in [6.07, 6.45) is 15.6. The summed E-state index contributed by atoms with van der Waals surface area (Å²) >= 11 is 0. The first-order chi connectivity index (χ1) is 20.4. The van der Waals surface area contributed by atoms with Crippen molar-refractivity contribution in [1.82, 2.24) is 5.32 Å². The number of carbonyl (C=O) groups excluding carboxylic acids is 2. The van der Waals surface area contributed by atoms with Crippen molar-refractivity contribution < 1.29 is 18.7 Å². The predicted molar refractivity (Wildman–Crippen MR) is 172 cm³/mol. The van der Waals surface area contributed by atoms with E-state index in [0.29, 0.717) is 12.2 Å². The molecule has 2 aromatic carbocycles. The molecule has 0 saturated heterocycles. The van der Waals surface area contributed by atoms with Crippen LogP contribution in [0.4, 0.5) is 4.39 Å². The number of hydrogen-bond donors (Lipinski definition) is 2. The predicted octanol–water partition coefficient (Wildman–Crippen LogP) is 6.56. The zero-order valence-electron chi connectivity index (χ0n) is 25.7. The monoisotopic (exact) mass is 577 g/mol. The van der Waals surface area contributed by atoms with Crippen LogP contribution in [0.5, 0.6) is 0 Å². The lowest BCUT2D eigenvalue weighted by molar-refractivity contribution is -0.106. The number of methoxy groups -OCH3 is 1. The second kappa shape index (κ2) is 22.9. The highest BCUT2D eigenvalue weighted by atomic mass is 19.1. The van der Waals surface area contributed by atoms with E-state index < -0.39 is 0 Å². The second-order valence-corrected chi connectivity index (χ2v) is 9.84. The summed E-state index contributed by atoms with van der Waals surface area (Å²) in [6.45, 7) is 3.00. The maximum absolute atomic E-state index is 12.4. The Morgan fingerprint density at radius 1 is 1.05 bits per heavy atom. The van der Waals surface area contributed by atoms with Gasteiger partial charge in [-0.2, -0.15) is 0 Å². The highest BCUT2D eigenvalue weighted by Crippen LogP contribution is 2.33. The van der Waals surface area contributed by atoms with E-state index in [1.165, 1.54) is 35.8 Å². The standard InChI is InChI=1S/C22H26N2O.C9H12FN.C2H6O.C2H4O/c23-21(16-25)20-14-8-7-13-19(18-11-5-2-6-12-18)22(20)24-15-17-9-3-1-4-10-17;1-11-7-6-8-2-4-9(10)5-3-8;1-3-2;1-2-3/h1,3-5,9-12,16,19H,2,6-8,13-15,23H2;2-5,11H,6-7H2,1H3;1-2H3;2H,1H3/b21-20-,24-22?;;;. The minimum Gasteiger partial charge on any atom is -0.396 e. The molecule has 0 radical (unpaired) electrons. The van der Waals surface area contributed by atoms with Gasteiger partial charge in [0.2, 0.25) is 0 Å². The largest absolute Gasteiger partial charge is 0.396 e. The van der Waals surface area contributed by atoms with Crippen molar-refractivity contribution in [3.05, 3.63) is 107 Å². The molecule has 228 valence electrons. The quantitative estimate of drug-likeness (QED) is 0.221. The molecule has 42 heavy (non-hydrogen) atoms. The molecule has 2 aliphatic rings. The number of nitrogens with two attached hydrogens (primary N) is 1. The molecular formula is C35H48FN3O3. The van der Waals surface area contributed by atoms with Crippen molar-refractivity contribution in [2.24, 2.45) is 16.6 Å². The molecule has 2 aliphatic carbocycles. The molecule has 0 bridgehead atoms. The number of nitrogens with one attached hydrogen (secondary N) is 1. The highest BCUT2D eigenvalue weighted by Gasteiger charge is 2.27. The Morgan fingerprint density at radius 2 is 1.71 bits per heavy atom. The summed E-state index contributed by atoms with van der Waals surface area (Å²) in [5, 5.41) is 3.04. The second-order valence-electron chi connectivity index (χ2n) is 9.84. The Balaban J connectivity index is 0.000000430. The van der Waals surface area contributed by atoms with Crippen LogP contribution in [-0.4, -0.2) is 46.1 Å². The maximum Gasteiger partial charge on any atom is 0.166 e. The molecule has 1 saturated carbocycles. The van der Waals surface area contributed by atoms with Gasteiger partial charge in [0.05, 0.1) is 12.2 Å². The highest BCUT2D eigenvalue weighted by molar-refractivity contribution is 6.07. The Kier molecular flexibility index (Phi) is 19.9. The first-order valence-electron chi connectivity index (χ1n) is 14.5.